The molecular weight excluding hydrogens is 354 g/mol. The van der Waals surface area contributed by atoms with Gasteiger partial charge in [-0.25, -0.2) is 8.42 Å². The highest BCUT2D eigenvalue weighted by molar-refractivity contribution is 7.89. The van der Waals surface area contributed by atoms with Gasteiger partial charge in [0, 0.05) is 24.7 Å². The second kappa shape index (κ2) is 7.77. The first-order chi connectivity index (χ1) is 10.7. The lowest BCUT2D eigenvalue weighted by molar-refractivity contribution is -0.388. The highest BCUT2D eigenvalue weighted by atomic mass is 35.5. The van der Waals surface area contributed by atoms with Gasteiger partial charge in [-0.3, -0.25) is 10.1 Å². The molecule has 136 valence electrons. The van der Waals surface area contributed by atoms with Gasteiger partial charge in [0.05, 0.1) is 4.92 Å². The number of aryl methyl sites for hydroxylation is 2. The number of nitrogens with two attached hydrogens (primary N) is 1. The van der Waals surface area contributed by atoms with E-state index in [1.54, 1.807) is 26.0 Å². The predicted octanol–water partition coefficient (Wildman–Crippen LogP) is 2.38. The van der Waals surface area contributed by atoms with E-state index >= 15 is 0 Å². The zero-order chi connectivity index (χ0) is 17.4. The topological polar surface area (TPSA) is 107 Å². The van der Waals surface area contributed by atoms with E-state index in [2.05, 4.69) is 0 Å². The molecule has 0 aromatic heterocycles. The number of nitro benzene ring substituents is 1. The van der Waals surface area contributed by atoms with E-state index in [4.69, 9.17) is 5.73 Å². The monoisotopic (exact) mass is 377 g/mol. The molecule has 1 aliphatic heterocycles. The number of hydrogen-bond acceptors (Lipinski definition) is 5. The first-order valence-electron chi connectivity index (χ1n) is 7.66. The SMILES string of the molecule is Cc1ccc(C)c(S(=O)(=O)N2CCCC(C(C)N)C2)c1[N+](=O)[O-].Cl. The summed E-state index contributed by atoms with van der Waals surface area (Å²) in [7, 11) is -3.92. The predicted molar refractivity (Wildman–Crippen MR) is 95.0 cm³/mol. The minimum absolute atomic E-state index is 0. The number of piperidine rings is 1. The molecule has 0 saturated carbocycles. The summed E-state index contributed by atoms with van der Waals surface area (Å²) in [6, 6.07) is 3.08. The molecule has 2 unspecified atom stereocenters. The molecule has 9 heteroatoms. The molecule has 2 atom stereocenters. The zero-order valence-electron chi connectivity index (χ0n) is 14.1. The Morgan fingerprint density at radius 2 is 1.92 bits per heavy atom. The Kier molecular flexibility index (Phi) is 6.75. The summed E-state index contributed by atoms with van der Waals surface area (Å²) in [5, 5.41) is 11.4. The minimum Gasteiger partial charge on any atom is -0.328 e. The number of rotatable bonds is 4. The quantitative estimate of drug-likeness (QED) is 0.640. The van der Waals surface area contributed by atoms with Gasteiger partial charge in [0.15, 0.2) is 4.90 Å². The molecule has 1 fully saturated rings. The van der Waals surface area contributed by atoms with Gasteiger partial charge in [-0.1, -0.05) is 12.1 Å². The van der Waals surface area contributed by atoms with Crippen molar-refractivity contribution in [3.8, 4) is 0 Å². The lowest BCUT2D eigenvalue weighted by Crippen LogP contribution is -2.45. The molecule has 2 N–H and O–H groups in total. The van der Waals surface area contributed by atoms with Crippen LogP contribution in [-0.2, 0) is 10.0 Å². The third-order valence-corrected chi connectivity index (χ3v) is 6.52. The summed E-state index contributed by atoms with van der Waals surface area (Å²) in [6.07, 6.45) is 1.59. The fraction of sp³-hybridized carbons (Fsp3) is 0.600. The number of sulfonamides is 1. The summed E-state index contributed by atoms with van der Waals surface area (Å²) in [4.78, 5) is 10.6. The maximum atomic E-state index is 13.0. The summed E-state index contributed by atoms with van der Waals surface area (Å²) in [5.41, 5.74) is 6.33. The van der Waals surface area contributed by atoms with Crippen LogP contribution in [0.5, 0.6) is 0 Å². The first kappa shape index (κ1) is 20.8. The van der Waals surface area contributed by atoms with Crippen LogP contribution in [0.4, 0.5) is 5.69 Å². The van der Waals surface area contributed by atoms with Gasteiger partial charge in [0.25, 0.3) is 5.69 Å². The number of nitro groups is 1. The zero-order valence-corrected chi connectivity index (χ0v) is 15.7. The van der Waals surface area contributed by atoms with Gasteiger partial charge in [-0.2, -0.15) is 4.31 Å². The van der Waals surface area contributed by atoms with E-state index in [1.165, 1.54) is 4.31 Å². The smallest absolute Gasteiger partial charge is 0.292 e. The van der Waals surface area contributed by atoms with Crippen LogP contribution in [0.1, 0.15) is 30.9 Å². The molecule has 0 amide bonds. The second-order valence-electron chi connectivity index (χ2n) is 6.26. The van der Waals surface area contributed by atoms with E-state index in [-0.39, 0.29) is 34.9 Å². The Hall–Kier alpha value is -1.22. The van der Waals surface area contributed by atoms with Crippen molar-refractivity contribution >= 4 is 28.1 Å². The highest BCUT2D eigenvalue weighted by Crippen LogP contribution is 2.34. The molecule has 0 spiro atoms. The lowest BCUT2D eigenvalue weighted by atomic mass is 9.93. The van der Waals surface area contributed by atoms with Crippen LogP contribution in [0.15, 0.2) is 17.0 Å². The molecule has 0 aliphatic carbocycles. The van der Waals surface area contributed by atoms with Gasteiger partial charge in [0.1, 0.15) is 0 Å². The lowest BCUT2D eigenvalue weighted by Gasteiger charge is -2.34. The Bertz CT molecular complexity index is 722. The average molecular weight is 378 g/mol. The second-order valence-corrected chi connectivity index (χ2v) is 8.13. The fourth-order valence-electron chi connectivity index (χ4n) is 3.07. The van der Waals surface area contributed by atoms with E-state index in [9.17, 15) is 18.5 Å². The van der Waals surface area contributed by atoms with Crippen LogP contribution in [0.25, 0.3) is 0 Å². The number of halogens is 1. The van der Waals surface area contributed by atoms with Crippen molar-refractivity contribution < 1.29 is 13.3 Å². The summed E-state index contributed by atoms with van der Waals surface area (Å²) < 4.78 is 27.4. The maximum Gasteiger partial charge on any atom is 0.292 e. The van der Waals surface area contributed by atoms with Crippen LogP contribution in [0, 0.1) is 29.9 Å². The molecular formula is C15H24ClN3O4S. The molecule has 24 heavy (non-hydrogen) atoms. The molecule has 2 rings (SSSR count). The molecule has 1 aromatic rings. The standard InChI is InChI=1S/C15H23N3O4S.ClH/c1-10-6-7-11(2)15(14(10)18(19)20)23(21,22)17-8-4-5-13(9-17)12(3)16;/h6-7,12-13H,4-5,8-9,16H2,1-3H3;1H. The summed E-state index contributed by atoms with van der Waals surface area (Å²) in [6.45, 7) is 5.69. The molecule has 1 heterocycles. The highest BCUT2D eigenvalue weighted by Gasteiger charge is 2.37. The van der Waals surface area contributed by atoms with Crippen LogP contribution in [-0.4, -0.2) is 36.8 Å². The number of hydrogen-bond donors (Lipinski definition) is 1. The van der Waals surface area contributed by atoms with Crippen molar-refractivity contribution in [3.63, 3.8) is 0 Å². The van der Waals surface area contributed by atoms with Crippen molar-refractivity contribution in [2.24, 2.45) is 11.7 Å². The van der Waals surface area contributed by atoms with Gasteiger partial charge >= 0.3 is 0 Å². The largest absolute Gasteiger partial charge is 0.328 e. The Morgan fingerprint density at radius 1 is 1.33 bits per heavy atom. The van der Waals surface area contributed by atoms with Gasteiger partial charge < -0.3 is 5.73 Å². The van der Waals surface area contributed by atoms with Crippen LogP contribution in [0.2, 0.25) is 0 Å². The van der Waals surface area contributed by atoms with E-state index in [1.807, 2.05) is 6.92 Å². The molecule has 0 radical (unpaired) electrons. The third kappa shape index (κ3) is 3.88. The molecule has 1 saturated heterocycles. The van der Waals surface area contributed by atoms with Crippen LogP contribution >= 0.6 is 12.4 Å². The summed E-state index contributed by atoms with van der Waals surface area (Å²) >= 11 is 0. The fourth-order valence-corrected chi connectivity index (χ4v) is 5.04. The van der Waals surface area contributed by atoms with Crippen molar-refractivity contribution in [2.75, 3.05) is 13.1 Å². The van der Waals surface area contributed by atoms with Crippen LogP contribution in [0.3, 0.4) is 0 Å². The molecule has 1 aliphatic rings. The average Bonchev–Trinajstić information content (AvgIpc) is 2.48. The molecule has 7 nitrogen and oxygen atoms in total. The Balaban J connectivity index is 0.00000288. The van der Waals surface area contributed by atoms with Crippen molar-refractivity contribution in [3.05, 3.63) is 33.4 Å². The molecule has 1 aromatic carbocycles. The van der Waals surface area contributed by atoms with Crippen molar-refractivity contribution in [2.45, 2.75) is 44.6 Å². The Morgan fingerprint density at radius 3 is 2.46 bits per heavy atom. The van der Waals surface area contributed by atoms with E-state index < -0.39 is 14.9 Å². The number of nitrogens with zero attached hydrogens (tertiary/aromatic N) is 2. The van der Waals surface area contributed by atoms with Gasteiger partial charge in [-0.15, -0.1) is 12.4 Å². The minimum atomic E-state index is -3.92. The van der Waals surface area contributed by atoms with E-state index in [0.29, 0.717) is 30.6 Å². The number of benzene rings is 1. The van der Waals surface area contributed by atoms with Gasteiger partial charge in [-0.05, 0) is 45.1 Å². The molecule has 0 bridgehead atoms. The van der Waals surface area contributed by atoms with Crippen molar-refractivity contribution in [1.29, 1.82) is 0 Å². The normalized spacial score (nSPS) is 20.2. The van der Waals surface area contributed by atoms with E-state index in [0.717, 1.165) is 6.42 Å². The Labute approximate surface area is 148 Å². The maximum absolute atomic E-state index is 13.0. The van der Waals surface area contributed by atoms with Gasteiger partial charge in [0.2, 0.25) is 10.0 Å². The van der Waals surface area contributed by atoms with Crippen molar-refractivity contribution in [1.82, 2.24) is 4.31 Å². The van der Waals surface area contributed by atoms with Crippen LogP contribution < -0.4 is 5.73 Å². The summed E-state index contributed by atoms with van der Waals surface area (Å²) in [5.74, 6) is 0.0719. The third-order valence-electron chi connectivity index (χ3n) is 4.47. The first-order valence-corrected chi connectivity index (χ1v) is 9.10.